The van der Waals surface area contributed by atoms with Gasteiger partial charge >= 0.3 is 0 Å². The fourth-order valence-electron chi connectivity index (χ4n) is 1.56. The third-order valence-electron chi connectivity index (χ3n) is 2.49. The van der Waals surface area contributed by atoms with Crippen LogP contribution in [0.2, 0.25) is 0 Å². The molecule has 2 aromatic rings. The van der Waals surface area contributed by atoms with Gasteiger partial charge in [0.1, 0.15) is 17.7 Å². The predicted octanol–water partition coefficient (Wildman–Crippen LogP) is 3.71. The number of halogens is 3. The highest BCUT2D eigenvalue weighted by Gasteiger charge is 2.25. The topological polar surface area (TPSA) is 33.4 Å². The fraction of sp³-hybridized carbons (Fsp3) is 0.167. The van der Waals surface area contributed by atoms with Crippen molar-refractivity contribution < 1.29 is 18.3 Å². The Morgan fingerprint density at radius 3 is 2.59 bits per heavy atom. The van der Waals surface area contributed by atoms with Gasteiger partial charge in [0.2, 0.25) is 0 Å². The van der Waals surface area contributed by atoms with Crippen molar-refractivity contribution in [2.24, 2.45) is 0 Å². The van der Waals surface area contributed by atoms with Crippen LogP contribution < -0.4 is 0 Å². The van der Waals surface area contributed by atoms with Crippen molar-refractivity contribution in [2.45, 2.75) is 13.0 Å². The van der Waals surface area contributed by atoms with Gasteiger partial charge in [-0.1, -0.05) is 6.07 Å². The van der Waals surface area contributed by atoms with Gasteiger partial charge in [0.15, 0.2) is 5.76 Å². The number of aliphatic hydroxyl groups excluding tert-OH is 1. The highest BCUT2D eigenvalue weighted by Crippen LogP contribution is 2.32. The summed E-state index contributed by atoms with van der Waals surface area (Å²) in [6, 6.07) is 3.98. The minimum Gasteiger partial charge on any atom is -0.465 e. The summed E-state index contributed by atoms with van der Waals surface area (Å²) in [7, 11) is 0. The molecule has 0 amide bonds. The zero-order valence-electron chi connectivity index (χ0n) is 8.88. The van der Waals surface area contributed by atoms with Crippen LogP contribution in [0.5, 0.6) is 0 Å². The third kappa shape index (κ3) is 2.12. The van der Waals surface area contributed by atoms with Crippen molar-refractivity contribution in [3.63, 3.8) is 0 Å². The van der Waals surface area contributed by atoms with Gasteiger partial charge < -0.3 is 9.52 Å². The number of aryl methyl sites for hydroxylation is 1. The van der Waals surface area contributed by atoms with E-state index in [9.17, 15) is 13.9 Å². The Morgan fingerprint density at radius 1 is 1.29 bits per heavy atom. The van der Waals surface area contributed by atoms with Crippen LogP contribution in [-0.4, -0.2) is 5.11 Å². The average molecular weight is 303 g/mol. The summed E-state index contributed by atoms with van der Waals surface area (Å²) in [5, 5.41) is 9.94. The van der Waals surface area contributed by atoms with Gasteiger partial charge in [-0.05, 0) is 40.5 Å². The summed E-state index contributed by atoms with van der Waals surface area (Å²) in [6.07, 6.45) is -0.145. The molecular weight excluding hydrogens is 294 g/mol. The lowest BCUT2D eigenvalue weighted by molar-refractivity contribution is 0.178. The first-order valence-corrected chi connectivity index (χ1v) is 5.67. The first-order valence-electron chi connectivity index (χ1n) is 4.88. The Balaban J connectivity index is 2.55. The maximum absolute atomic E-state index is 13.8. The average Bonchev–Trinajstić information content (AvgIpc) is 2.70. The molecule has 1 aromatic heterocycles. The second kappa shape index (κ2) is 4.58. The summed E-state index contributed by atoms with van der Waals surface area (Å²) in [5.41, 5.74) is -0.135. The zero-order valence-corrected chi connectivity index (χ0v) is 10.5. The first-order chi connectivity index (χ1) is 8.02. The molecule has 2 nitrogen and oxygen atoms in total. The third-order valence-corrected chi connectivity index (χ3v) is 3.14. The molecule has 1 heterocycles. The smallest absolute Gasteiger partial charge is 0.151 e. The van der Waals surface area contributed by atoms with E-state index in [1.807, 2.05) is 0 Å². The Kier molecular flexibility index (Phi) is 3.31. The molecule has 0 radical (unpaired) electrons. The van der Waals surface area contributed by atoms with Crippen LogP contribution >= 0.6 is 15.9 Å². The SMILES string of the molecule is Cc1ccc(F)c(C(O)c2occc2Br)c1F. The largest absolute Gasteiger partial charge is 0.465 e. The minimum absolute atomic E-state index is 0.0772. The van der Waals surface area contributed by atoms with Crippen molar-refractivity contribution in [1.29, 1.82) is 0 Å². The number of aliphatic hydroxyl groups is 1. The summed E-state index contributed by atoms with van der Waals surface area (Å²) in [5.74, 6) is -1.49. The maximum atomic E-state index is 13.8. The Morgan fingerprint density at radius 2 is 2.00 bits per heavy atom. The van der Waals surface area contributed by atoms with E-state index in [1.165, 1.54) is 19.3 Å². The van der Waals surface area contributed by atoms with E-state index < -0.39 is 23.3 Å². The van der Waals surface area contributed by atoms with E-state index in [4.69, 9.17) is 4.42 Å². The predicted molar refractivity (Wildman–Crippen MR) is 61.6 cm³/mol. The van der Waals surface area contributed by atoms with Gasteiger partial charge in [0.25, 0.3) is 0 Å². The van der Waals surface area contributed by atoms with Crippen LogP contribution in [-0.2, 0) is 0 Å². The number of hydrogen-bond acceptors (Lipinski definition) is 2. The highest BCUT2D eigenvalue weighted by molar-refractivity contribution is 9.10. The molecular formula is C12H9BrF2O2. The van der Waals surface area contributed by atoms with E-state index in [1.54, 1.807) is 6.07 Å². The molecule has 17 heavy (non-hydrogen) atoms. The number of rotatable bonds is 2. The van der Waals surface area contributed by atoms with Crippen molar-refractivity contribution in [3.8, 4) is 0 Å². The van der Waals surface area contributed by atoms with Gasteiger partial charge in [-0.25, -0.2) is 8.78 Å². The van der Waals surface area contributed by atoms with Crippen LogP contribution in [0.3, 0.4) is 0 Å². The molecule has 0 saturated heterocycles. The second-order valence-corrected chi connectivity index (χ2v) is 4.48. The molecule has 0 saturated carbocycles. The summed E-state index contributed by atoms with van der Waals surface area (Å²) in [4.78, 5) is 0. The zero-order chi connectivity index (χ0) is 12.6. The van der Waals surface area contributed by atoms with E-state index in [0.29, 0.717) is 4.47 Å². The Bertz CT molecular complexity index is 551. The molecule has 1 unspecified atom stereocenters. The van der Waals surface area contributed by atoms with Crippen LogP contribution in [0.1, 0.15) is 23.0 Å². The lowest BCUT2D eigenvalue weighted by Crippen LogP contribution is -2.06. The number of benzene rings is 1. The number of hydrogen-bond donors (Lipinski definition) is 1. The van der Waals surface area contributed by atoms with Crippen LogP contribution in [0.15, 0.2) is 33.4 Å². The standard InChI is InChI=1S/C12H9BrF2O2/c1-6-2-3-8(14)9(10(6)15)11(16)12-7(13)4-5-17-12/h2-5,11,16H,1H3. The minimum atomic E-state index is -1.47. The molecule has 2 rings (SSSR count). The highest BCUT2D eigenvalue weighted by atomic mass is 79.9. The number of furan rings is 1. The molecule has 0 aliphatic rings. The summed E-state index contributed by atoms with van der Waals surface area (Å²) < 4.78 is 32.8. The van der Waals surface area contributed by atoms with E-state index in [-0.39, 0.29) is 11.3 Å². The molecule has 0 fully saturated rings. The van der Waals surface area contributed by atoms with Gasteiger partial charge in [0, 0.05) is 0 Å². The van der Waals surface area contributed by atoms with Gasteiger partial charge in [-0.3, -0.25) is 0 Å². The molecule has 0 spiro atoms. The van der Waals surface area contributed by atoms with Gasteiger partial charge in [-0.15, -0.1) is 0 Å². The van der Waals surface area contributed by atoms with E-state index >= 15 is 0 Å². The van der Waals surface area contributed by atoms with Gasteiger partial charge in [-0.2, -0.15) is 0 Å². The molecule has 0 aliphatic carbocycles. The molecule has 0 aliphatic heterocycles. The Labute approximate surface area is 105 Å². The lowest BCUT2D eigenvalue weighted by Gasteiger charge is -2.12. The molecule has 5 heteroatoms. The van der Waals surface area contributed by atoms with E-state index in [0.717, 1.165) is 6.07 Å². The monoisotopic (exact) mass is 302 g/mol. The van der Waals surface area contributed by atoms with E-state index in [2.05, 4.69) is 15.9 Å². The summed E-state index contributed by atoms with van der Waals surface area (Å²) >= 11 is 3.13. The molecule has 90 valence electrons. The van der Waals surface area contributed by atoms with Crippen molar-refractivity contribution in [3.05, 3.63) is 57.5 Å². The quantitative estimate of drug-likeness (QED) is 0.917. The Hall–Kier alpha value is -1.20. The molecule has 0 bridgehead atoms. The van der Waals surface area contributed by atoms with Crippen LogP contribution in [0.4, 0.5) is 8.78 Å². The van der Waals surface area contributed by atoms with Crippen molar-refractivity contribution in [1.82, 2.24) is 0 Å². The normalized spacial score (nSPS) is 12.8. The molecule has 1 aromatic carbocycles. The van der Waals surface area contributed by atoms with Gasteiger partial charge in [0.05, 0.1) is 16.3 Å². The summed E-state index contributed by atoms with van der Waals surface area (Å²) in [6.45, 7) is 1.50. The van der Waals surface area contributed by atoms with Crippen LogP contribution in [0, 0.1) is 18.6 Å². The first kappa shape index (κ1) is 12.3. The maximum Gasteiger partial charge on any atom is 0.151 e. The van der Waals surface area contributed by atoms with Crippen LogP contribution in [0.25, 0.3) is 0 Å². The second-order valence-electron chi connectivity index (χ2n) is 3.63. The lowest BCUT2D eigenvalue weighted by atomic mass is 10.0. The van der Waals surface area contributed by atoms with Crippen molar-refractivity contribution in [2.75, 3.05) is 0 Å². The molecule has 1 atom stereocenters. The fourth-order valence-corrected chi connectivity index (χ4v) is 1.98. The van der Waals surface area contributed by atoms with Crippen molar-refractivity contribution >= 4 is 15.9 Å². The molecule has 1 N–H and O–H groups in total.